The molecule has 3 unspecified atom stereocenters. The first-order valence-corrected chi connectivity index (χ1v) is 5.23. The molecule has 1 aliphatic heterocycles. The van der Waals surface area contributed by atoms with Crippen molar-refractivity contribution in [2.45, 2.75) is 38.8 Å². The summed E-state index contributed by atoms with van der Waals surface area (Å²) in [5.41, 5.74) is 0. The van der Waals surface area contributed by atoms with Crippen molar-refractivity contribution in [3.8, 4) is 0 Å². The molecule has 13 heavy (non-hydrogen) atoms. The first-order chi connectivity index (χ1) is 6.24. The molecule has 0 radical (unpaired) electrons. The van der Waals surface area contributed by atoms with Crippen LogP contribution in [-0.2, 0) is 4.74 Å². The predicted molar refractivity (Wildman–Crippen MR) is 52.7 cm³/mol. The van der Waals surface area contributed by atoms with Crippen LogP contribution in [0.4, 0.5) is 0 Å². The van der Waals surface area contributed by atoms with Gasteiger partial charge < -0.3 is 15.2 Å². The molecule has 0 saturated carbocycles. The Morgan fingerprint density at radius 3 is 2.85 bits per heavy atom. The van der Waals surface area contributed by atoms with Crippen LogP contribution >= 0.6 is 0 Å². The Kier molecular flexibility index (Phi) is 4.70. The number of aliphatic hydroxyl groups excluding tert-OH is 1. The molecule has 0 aliphatic carbocycles. The monoisotopic (exact) mass is 187 g/mol. The molecule has 0 amide bonds. The van der Waals surface area contributed by atoms with Gasteiger partial charge in [0.2, 0.25) is 0 Å². The van der Waals surface area contributed by atoms with E-state index in [0.717, 1.165) is 6.54 Å². The van der Waals surface area contributed by atoms with Gasteiger partial charge in [-0.15, -0.1) is 0 Å². The van der Waals surface area contributed by atoms with E-state index in [1.807, 2.05) is 0 Å². The van der Waals surface area contributed by atoms with Gasteiger partial charge in [0.05, 0.1) is 25.4 Å². The molecule has 1 rings (SSSR count). The summed E-state index contributed by atoms with van der Waals surface area (Å²) in [6, 6.07) is 0.152. The summed E-state index contributed by atoms with van der Waals surface area (Å²) in [6.07, 6.45) is 2.16. The van der Waals surface area contributed by atoms with Crippen LogP contribution in [0, 0.1) is 5.92 Å². The molecule has 0 aromatic heterocycles. The lowest BCUT2D eigenvalue weighted by Gasteiger charge is -2.17. The zero-order valence-corrected chi connectivity index (χ0v) is 8.62. The lowest BCUT2D eigenvalue weighted by molar-refractivity contribution is 0.122. The van der Waals surface area contributed by atoms with Crippen molar-refractivity contribution in [1.82, 2.24) is 5.32 Å². The fourth-order valence-electron chi connectivity index (χ4n) is 1.69. The molecular formula is C10H21NO2. The summed E-state index contributed by atoms with van der Waals surface area (Å²) in [7, 11) is 0. The van der Waals surface area contributed by atoms with E-state index in [0.29, 0.717) is 19.1 Å². The quantitative estimate of drug-likeness (QED) is 0.668. The first kappa shape index (κ1) is 11.0. The average Bonchev–Trinajstić information content (AvgIpc) is 2.48. The second kappa shape index (κ2) is 5.58. The third-order valence-corrected chi connectivity index (χ3v) is 2.56. The maximum atomic E-state index is 9.44. The normalized spacial score (nSPS) is 30.7. The maximum absolute atomic E-state index is 9.44. The van der Waals surface area contributed by atoms with Crippen LogP contribution in [-0.4, -0.2) is 37.0 Å². The lowest BCUT2D eigenvalue weighted by Crippen LogP contribution is -2.40. The van der Waals surface area contributed by atoms with E-state index < -0.39 is 0 Å². The summed E-state index contributed by atoms with van der Waals surface area (Å²) in [5.74, 6) is 0.692. The molecular weight excluding hydrogens is 166 g/mol. The first-order valence-electron chi connectivity index (χ1n) is 5.23. The van der Waals surface area contributed by atoms with Crippen molar-refractivity contribution in [3.63, 3.8) is 0 Å². The van der Waals surface area contributed by atoms with E-state index in [2.05, 4.69) is 19.2 Å². The molecule has 78 valence electrons. The van der Waals surface area contributed by atoms with Gasteiger partial charge in [-0.25, -0.2) is 0 Å². The van der Waals surface area contributed by atoms with Crippen LogP contribution in [0.25, 0.3) is 0 Å². The van der Waals surface area contributed by atoms with Gasteiger partial charge in [0.15, 0.2) is 0 Å². The van der Waals surface area contributed by atoms with Crippen molar-refractivity contribution in [3.05, 3.63) is 0 Å². The van der Waals surface area contributed by atoms with Crippen molar-refractivity contribution in [2.24, 2.45) is 5.92 Å². The molecule has 1 aliphatic rings. The lowest BCUT2D eigenvalue weighted by atomic mass is 10.1. The summed E-state index contributed by atoms with van der Waals surface area (Å²) in [5, 5.41) is 12.8. The number of rotatable bonds is 5. The fraction of sp³-hybridized carbons (Fsp3) is 1.00. The number of aliphatic hydroxyl groups is 1. The van der Waals surface area contributed by atoms with Gasteiger partial charge in [-0.1, -0.05) is 20.3 Å². The molecule has 1 fully saturated rings. The SMILES string of the molecule is CCCC(C)CNC1COCC1O. The molecule has 3 atom stereocenters. The smallest absolute Gasteiger partial charge is 0.0948 e. The van der Waals surface area contributed by atoms with Crippen molar-refractivity contribution >= 4 is 0 Å². The summed E-state index contributed by atoms with van der Waals surface area (Å²) < 4.78 is 5.15. The van der Waals surface area contributed by atoms with Crippen LogP contribution in [0.5, 0.6) is 0 Å². The predicted octanol–water partition coefficient (Wildman–Crippen LogP) is 0.772. The van der Waals surface area contributed by atoms with Gasteiger partial charge >= 0.3 is 0 Å². The minimum Gasteiger partial charge on any atom is -0.389 e. The largest absolute Gasteiger partial charge is 0.389 e. The van der Waals surface area contributed by atoms with Gasteiger partial charge in [-0.3, -0.25) is 0 Å². The maximum Gasteiger partial charge on any atom is 0.0948 e. The standard InChI is InChI=1S/C10H21NO2/c1-3-4-8(2)5-11-9-6-13-7-10(9)12/h8-12H,3-7H2,1-2H3. The highest BCUT2D eigenvalue weighted by Crippen LogP contribution is 2.08. The van der Waals surface area contributed by atoms with Crippen molar-refractivity contribution in [2.75, 3.05) is 19.8 Å². The van der Waals surface area contributed by atoms with Gasteiger partial charge in [-0.2, -0.15) is 0 Å². The van der Waals surface area contributed by atoms with E-state index in [9.17, 15) is 5.11 Å². The van der Waals surface area contributed by atoms with Gasteiger partial charge in [0.1, 0.15) is 0 Å². The van der Waals surface area contributed by atoms with Gasteiger partial charge in [0, 0.05) is 0 Å². The van der Waals surface area contributed by atoms with E-state index >= 15 is 0 Å². The number of ether oxygens (including phenoxy) is 1. The van der Waals surface area contributed by atoms with Crippen LogP contribution in [0.3, 0.4) is 0 Å². The van der Waals surface area contributed by atoms with E-state index in [4.69, 9.17) is 4.74 Å². The highest BCUT2D eigenvalue weighted by Gasteiger charge is 2.25. The average molecular weight is 187 g/mol. The van der Waals surface area contributed by atoms with Crippen molar-refractivity contribution in [1.29, 1.82) is 0 Å². The third-order valence-electron chi connectivity index (χ3n) is 2.56. The Hall–Kier alpha value is -0.120. The summed E-state index contributed by atoms with van der Waals surface area (Å²) in [6.45, 7) is 6.56. The van der Waals surface area contributed by atoms with E-state index in [1.54, 1.807) is 0 Å². The van der Waals surface area contributed by atoms with E-state index in [-0.39, 0.29) is 12.1 Å². The molecule has 0 bridgehead atoms. The zero-order valence-electron chi connectivity index (χ0n) is 8.62. The molecule has 3 heteroatoms. The van der Waals surface area contributed by atoms with Crippen LogP contribution < -0.4 is 5.32 Å². The van der Waals surface area contributed by atoms with Crippen LogP contribution in [0.15, 0.2) is 0 Å². The summed E-state index contributed by atoms with van der Waals surface area (Å²) in [4.78, 5) is 0. The Bertz CT molecular complexity index is 141. The minimum atomic E-state index is -0.311. The Balaban J connectivity index is 2.10. The highest BCUT2D eigenvalue weighted by atomic mass is 16.5. The van der Waals surface area contributed by atoms with Gasteiger partial charge in [0.25, 0.3) is 0 Å². The van der Waals surface area contributed by atoms with E-state index in [1.165, 1.54) is 12.8 Å². The second-order valence-corrected chi connectivity index (χ2v) is 4.01. The molecule has 2 N–H and O–H groups in total. The molecule has 1 saturated heterocycles. The van der Waals surface area contributed by atoms with Gasteiger partial charge in [-0.05, 0) is 18.9 Å². The van der Waals surface area contributed by atoms with Crippen LogP contribution in [0.2, 0.25) is 0 Å². The fourth-order valence-corrected chi connectivity index (χ4v) is 1.69. The van der Waals surface area contributed by atoms with Crippen LogP contribution in [0.1, 0.15) is 26.7 Å². The van der Waals surface area contributed by atoms with Crippen molar-refractivity contribution < 1.29 is 9.84 Å². The number of hydrogen-bond donors (Lipinski definition) is 2. The summed E-state index contributed by atoms with van der Waals surface area (Å²) >= 11 is 0. The Labute approximate surface area is 80.5 Å². The molecule has 3 nitrogen and oxygen atoms in total. The Morgan fingerprint density at radius 2 is 2.31 bits per heavy atom. The molecule has 0 aromatic carbocycles. The second-order valence-electron chi connectivity index (χ2n) is 4.01. The third kappa shape index (κ3) is 3.63. The molecule has 0 aromatic rings. The molecule has 1 heterocycles. The zero-order chi connectivity index (χ0) is 9.68. The number of nitrogens with one attached hydrogen (secondary N) is 1. The number of hydrogen-bond acceptors (Lipinski definition) is 3. The Morgan fingerprint density at radius 1 is 1.54 bits per heavy atom. The topological polar surface area (TPSA) is 41.5 Å². The highest BCUT2D eigenvalue weighted by molar-refractivity contribution is 4.80. The molecule has 0 spiro atoms. The minimum absolute atomic E-state index is 0.152.